The third-order valence-corrected chi connectivity index (χ3v) is 6.12. The van der Waals surface area contributed by atoms with Crippen molar-refractivity contribution in [2.45, 2.75) is 40.0 Å². The molecule has 32 heavy (non-hydrogen) atoms. The van der Waals surface area contributed by atoms with Gasteiger partial charge in [0.05, 0.1) is 5.56 Å². The molecule has 1 saturated heterocycles. The van der Waals surface area contributed by atoms with Crippen LogP contribution in [0.25, 0.3) is 0 Å². The quantitative estimate of drug-likeness (QED) is 0.615. The summed E-state index contributed by atoms with van der Waals surface area (Å²) in [6, 6.07) is 13.1. The Morgan fingerprint density at radius 2 is 1.62 bits per heavy atom. The lowest BCUT2D eigenvalue weighted by molar-refractivity contribution is 0.0948. The Morgan fingerprint density at radius 3 is 2.28 bits per heavy atom. The maximum Gasteiger partial charge on any atom is 0.255 e. The number of rotatable bonds is 9. The van der Waals surface area contributed by atoms with Crippen LogP contribution in [0.5, 0.6) is 0 Å². The first-order chi connectivity index (χ1) is 15.5. The van der Waals surface area contributed by atoms with Gasteiger partial charge in [-0.05, 0) is 69.6 Å². The van der Waals surface area contributed by atoms with Gasteiger partial charge < -0.3 is 20.4 Å². The van der Waals surface area contributed by atoms with Gasteiger partial charge in [0, 0.05) is 43.1 Å². The second-order valence-electron chi connectivity index (χ2n) is 8.38. The fourth-order valence-electron chi connectivity index (χ4n) is 4.08. The minimum Gasteiger partial charge on any atom is -0.371 e. The molecular weight excluding hydrogens is 400 g/mol. The molecule has 2 amide bonds. The molecule has 172 valence electrons. The van der Waals surface area contributed by atoms with Crippen LogP contribution < -0.4 is 15.5 Å². The van der Waals surface area contributed by atoms with E-state index in [0.717, 1.165) is 56.8 Å². The number of nitrogens with zero attached hydrogens (tertiary/aromatic N) is 2. The highest BCUT2D eigenvalue weighted by molar-refractivity contribution is 6.06. The highest BCUT2D eigenvalue weighted by Gasteiger charge is 2.20. The van der Waals surface area contributed by atoms with Crippen LogP contribution in [-0.4, -0.2) is 56.0 Å². The molecule has 2 N–H and O–H groups in total. The molecule has 1 aliphatic rings. The van der Waals surface area contributed by atoms with Crippen molar-refractivity contribution in [1.82, 2.24) is 10.2 Å². The molecule has 2 aromatic rings. The summed E-state index contributed by atoms with van der Waals surface area (Å²) in [5, 5.41) is 6.03. The molecule has 0 bridgehead atoms. The molecule has 0 spiro atoms. The number of amides is 2. The lowest BCUT2D eigenvalue weighted by atomic mass is 10.1. The standard InChI is InChI=1S/C26H36N4O2/c1-4-29(5-2)18-15-27-26(32)23-19-22(13-14-24(23)30-16-7-6-8-17-30)28-25(31)21-11-9-20(3)10-12-21/h9-14,19H,4-8,15-18H2,1-3H3,(H,27,32)(H,28,31). The lowest BCUT2D eigenvalue weighted by Gasteiger charge is -2.30. The minimum atomic E-state index is -0.177. The summed E-state index contributed by atoms with van der Waals surface area (Å²) >= 11 is 0. The Hall–Kier alpha value is -2.86. The molecule has 1 aliphatic heterocycles. The van der Waals surface area contributed by atoms with E-state index in [-0.39, 0.29) is 11.8 Å². The zero-order valence-corrected chi connectivity index (χ0v) is 19.6. The number of piperidine rings is 1. The minimum absolute atomic E-state index is 0.0934. The van der Waals surface area contributed by atoms with Crippen LogP contribution in [0.2, 0.25) is 0 Å². The highest BCUT2D eigenvalue weighted by Crippen LogP contribution is 2.27. The molecule has 0 aromatic heterocycles. The van der Waals surface area contributed by atoms with Crippen molar-refractivity contribution in [2.75, 3.05) is 49.5 Å². The first-order valence-electron chi connectivity index (χ1n) is 11.8. The van der Waals surface area contributed by atoms with Crippen molar-refractivity contribution in [3.05, 3.63) is 59.2 Å². The predicted molar refractivity (Wildman–Crippen MR) is 132 cm³/mol. The van der Waals surface area contributed by atoms with E-state index in [9.17, 15) is 9.59 Å². The number of carbonyl (C=O) groups is 2. The number of nitrogens with one attached hydrogen (secondary N) is 2. The van der Waals surface area contributed by atoms with Gasteiger partial charge in [0.1, 0.15) is 0 Å². The number of likely N-dealkylation sites (N-methyl/N-ethyl adjacent to an activating group) is 1. The smallest absolute Gasteiger partial charge is 0.255 e. The Bertz CT molecular complexity index is 901. The predicted octanol–water partition coefficient (Wildman–Crippen LogP) is 4.31. The van der Waals surface area contributed by atoms with Crippen molar-refractivity contribution < 1.29 is 9.59 Å². The number of hydrogen-bond donors (Lipinski definition) is 2. The lowest BCUT2D eigenvalue weighted by Crippen LogP contribution is -2.36. The van der Waals surface area contributed by atoms with Crippen LogP contribution in [-0.2, 0) is 0 Å². The van der Waals surface area contributed by atoms with Gasteiger partial charge in [0.25, 0.3) is 11.8 Å². The van der Waals surface area contributed by atoms with Crippen molar-refractivity contribution in [1.29, 1.82) is 0 Å². The maximum atomic E-state index is 13.1. The van der Waals surface area contributed by atoms with E-state index in [1.54, 1.807) is 0 Å². The van der Waals surface area contributed by atoms with Crippen LogP contribution in [0, 0.1) is 6.92 Å². The number of aryl methyl sites for hydroxylation is 1. The van der Waals surface area contributed by atoms with Crippen molar-refractivity contribution in [2.24, 2.45) is 0 Å². The van der Waals surface area contributed by atoms with Crippen LogP contribution in [0.15, 0.2) is 42.5 Å². The van der Waals surface area contributed by atoms with Gasteiger partial charge in [0.2, 0.25) is 0 Å². The average molecular weight is 437 g/mol. The number of anilines is 2. The highest BCUT2D eigenvalue weighted by atomic mass is 16.2. The largest absolute Gasteiger partial charge is 0.371 e. The Kier molecular flexibility index (Phi) is 8.68. The molecule has 1 heterocycles. The topological polar surface area (TPSA) is 64.7 Å². The molecular formula is C26H36N4O2. The summed E-state index contributed by atoms with van der Waals surface area (Å²) in [4.78, 5) is 30.4. The Labute approximate surface area is 192 Å². The second kappa shape index (κ2) is 11.7. The third kappa shape index (κ3) is 6.33. The number of carbonyl (C=O) groups excluding carboxylic acids is 2. The molecule has 0 unspecified atom stereocenters. The van der Waals surface area contributed by atoms with Crippen molar-refractivity contribution in [3.8, 4) is 0 Å². The normalized spacial score (nSPS) is 13.8. The summed E-state index contributed by atoms with van der Waals surface area (Å²) in [6.45, 7) is 11.5. The first-order valence-corrected chi connectivity index (χ1v) is 11.8. The van der Waals surface area contributed by atoms with Gasteiger partial charge in [-0.3, -0.25) is 9.59 Å². The molecule has 6 heteroatoms. The first kappa shape index (κ1) is 23.8. The van der Waals surface area contributed by atoms with E-state index in [1.165, 1.54) is 6.42 Å². The number of benzene rings is 2. The monoisotopic (exact) mass is 436 g/mol. The number of hydrogen-bond acceptors (Lipinski definition) is 4. The van der Waals surface area contributed by atoms with Gasteiger partial charge in [-0.25, -0.2) is 0 Å². The van der Waals surface area contributed by atoms with Crippen LogP contribution in [0.3, 0.4) is 0 Å². The second-order valence-corrected chi connectivity index (χ2v) is 8.38. The fourth-order valence-corrected chi connectivity index (χ4v) is 4.08. The van der Waals surface area contributed by atoms with Crippen LogP contribution in [0.1, 0.15) is 59.4 Å². The van der Waals surface area contributed by atoms with Gasteiger partial charge in [-0.2, -0.15) is 0 Å². The zero-order chi connectivity index (χ0) is 22.9. The zero-order valence-electron chi connectivity index (χ0n) is 19.6. The van der Waals surface area contributed by atoms with Crippen LogP contribution in [0.4, 0.5) is 11.4 Å². The molecule has 2 aromatic carbocycles. The van der Waals surface area contributed by atoms with E-state index < -0.39 is 0 Å². The van der Waals surface area contributed by atoms with Gasteiger partial charge >= 0.3 is 0 Å². The van der Waals surface area contributed by atoms with E-state index in [4.69, 9.17) is 0 Å². The van der Waals surface area contributed by atoms with Crippen molar-refractivity contribution >= 4 is 23.2 Å². The van der Waals surface area contributed by atoms with Gasteiger partial charge in [-0.15, -0.1) is 0 Å². The van der Waals surface area contributed by atoms with E-state index in [1.807, 2.05) is 49.4 Å². The van der Waals surface area contributed by atoms with E-state index in [0.29, 0.717) is 23.4 Å². The summed E-state index contributed by atoms with van der Waals surface area (Å²) < 4.78 is 0. The van der Waals surface area contributed by atoms with Gasteiger partial charge in [-0.1, -0.05) is 31.5 Å². The SMILES string of the molecule is CCN(CC)CCNC(=O)c1cc(NC(=O)c2ccc(C)cc2)ccc1N1CCCCC1. The Balaban J connectivity index is 1.78. The summed E-state index contributed by atoms with van der Waals surface area (Å²) in [7, 11) is 0. The molecule has 3 rings (SSSR count). The van der Waals surface area contributed by atoms with Crippen molar-refractivity contribution in [3.63, 3.8) is 0 Å². The Morgan fingerprint density at radius 1 is 0.938 bits per heavy atom. The van der Waals surface area contributed by atoms with Gasteiger partial charge in [0.15, 0.2) is 0 Å². The van der Waals surface area contributed by atoms with E-state index >= 15 is 0 Å². The third-order valence-electron chi connectivity index (χ3n) is 6.12. The molecule has 0 aliphatic carbocycles. The van der Waals surface area contributed by atoms with Crippen LogP contribution >= 0.6 is 0 Å². The fraction of sp³-hybridized carbons (Fsp3) is 0.462. The molecule has 6 nitrogen and oxygen atoms in total. The summed E-state index contributed by atoms with van der Waals surface area (Å²) in [5.74, 6) is -0.271. The van der Waals surface area contributed by atoms with E-state index in [2.05, 4.69) is 34.3 Å². The molecule has 0 saturated carbocycles. The molecule has 1 fully saturated rings. The summed E-state index contributed by atoms with van der Waals surface area (Å²) in [5.41, 5.74) is 3.90. The summed E-state index contributed by atoms with van der Waals surface area (Å²) in [6.07, 6.45) is 3.50. The average Bonchev–Trinajstić information content (AvgIpc) is 2.82. The maximum absolute atomic E-state index is 13.1. The molecule has 0 radical (unpaired) electrons. The molecule has 0 atom stereocenters.